The second kappa shape index (κ2) is 6.16. The Bertz CT molecular complexity index is 1180. The molecule has 3 N–H and O–H groups in total. The van der Waals surface area contributed by atoms with Crippen LogP contribution in [-0.2, 0) is 0 Å². The predicted molar refractivity (Wildman–Crippen MR) is 103 cm³/mol. The molecule has 0 atom stereocenters. The molecule has 1 amide bonds. The zero-order valence-electron chi connectivity index (χ0n) is 14.5. The van der Waals surface area contributed by atoms with Crippen molar-refractivity contribution in [2.45, 2.75) is 0 Å². The molecule has 0 spiro atoms. The molecule has 0 radical (unpaired) electrons. The van der Waals surface area contributed by atoms with E-state index in [-0.39, 0.29) is 11.5 Å². The molecule has 2 aromatic heterocycles. The maximum Gasteiger partial charge on any atom is 0.267 e. The van der Waals surface area contributed by atoms with Gasteiger partial charge in [0.1, 0.15) is 5.65 Å². The van der Waals surface area contributed by atoms with E-state index in [1.807, 2.05) is 48.5 Å². The van der Waals surface area contributed by atoms with E-state index < -0.39 is 0 Å². The van der Waals surface area contributed by atoms with E-state index in [9.17, 15) is 9.59 Å². The van der Waals surface area contributed by atoms with E-state index in [0.29, 0.717) is 16.8 Å². The van der Waals surface area contributed by atoms with Gasteiger partial charge in [-0.25, -0.2) is 5.43 Å². The molecule has 4 aromatic rings. The van der Waals surface area contributed by atoms with Crippen molar-refractivity contribution >= 4 is 27.8 Å². The molecule has 6 heteroatoms. The molecule has 130 valence electrons. The fourth-order valence-corrected chi connectivity index (χ4v) is 3.11. The minimum Gasteiger partial charge on any atom is -0.341 e. The molecule has 0 aliphatic rings. The second-order valence-electron chi connectivity index (χ2n) is 6.14. The van der Waals surface area contributed by atoms with E-state index in [2.05, 4.69) is 15.4 Å². The van der Waals surface area contributed by atoms with Crippen LogP contribution in [0.15, 0.2) is 59.4 Å². The van der Waals surface area contributed by atoms with Crippen LogP contribution in [0.1, 0.15) is 10.4 Å². The summed E-state index contributed by atoms with van der Waals surface area (Å²) in [7, 11) is 3.37. The minimum atomic E-state index is -0.151. The zero-order chi connectivity index (χ0) is 18.3. The highest BCUT2D eigenvalue weighted by Gasteiger charge is 2.14. The van der Waals surface area contributed by atoms with E-state index in [0.717, 1.165) is 21.9 Å². The average molecular weight is 346 g/mol. The van der Waals surface area contributed by atoms with Gasteiger partial charge in [0, 0.05) is 41.5 Å². The van der Waals surface area contributed by atoms with Gasteiger partial charge in [0.25, 0.3) is 11.5 Å². The van der Waals surface area contributed by atoms with Crippen LogP contribution in [-0.4, -0.2) is 35.0 Å². The number of carbonyl (C=O) groups excluding carboxylic acids is 1. The first-order valence-electron chi connectivity index (χ1n) is 8.28. The van der Waals surface area contributed by atoms with Crippen molar-refractivity contribution in [1.82, 2.24) is 20.4 Å². The Labute approximate surface area is 149 Å². The SMILES string of the molecule is CNN(C)C(=O)c1ccc2[nH]c3[nH]c(=O)c(-c4ccccc4)cc3c2c1. The van der Waals surface area contributed by atoms with E-state index >= 15 is 0 Å². The summed E-state index contributed by atoms with van der Waals surface area (Å²) in [5.74, 6) is -0.128. The largest absolute Gasteiger partial charge is 0.341 e. The zero-order valence-corrected chi connectivity index (χ0v) is 14.5. The fourth-order valence-electron chi connectivity index (χ4n) is 3.11. The highest BCUT2D eigenvalue weighted by molar-refractivity contribution is 6.09. The number of hydrogen-bond acceptors (Lipinski definition) is 3. The standard InChI is InChI=1S/C20H18N4O2/c1-21-24(2)20(26)13-8-9-17-15(10-13)16-11-14(12-6-4-3-5-7-12)19(25)23-18(16)22-17/h3-11,21H,1-2H3,(H2,22,23,25). The van der Waals surface area contributed by atoms with Gasteiger partial charge < -0.3 is 9.97 Å². The summed E-state index contributed by atoms with van der Waals surface area (Å²) < 4.78 is 0. The molecule has 0 fully saturated rings. The number of H-pyrrole nitrogens is 2. The number of aromatic nitrogens is 2. The molecular formula is C20H18N4O2. The van der Waals surface area contributed by atoms with Crippen LogP contribution < -0.4 is 11.0 Å². The van der Waals surface area contributed by atoms with Crippen LogP contribution >= 0.6 is 0 Å². The van der Waals surface area contributed by atoms with Crippen LogP contribution in [0.3, 0.4) is 0 Å². The molecule has 6 nitrogen and oxygen atoms in total. The van der Waals surface area contributed by atoms with Gasteiger partial charge in [-0.3, -0.25) is 14.6 Å². The number of amides is 1. The summed E-state index contributed by atoms with van der Waals surface area (Å²) in [5, 5.41) is 3.19. The number of hydrogen-bond donors (Lipinski definition) is 3. The lowest BCUT2D eigenvalue weighted by atomic mass is 10.0. The summed E-state index contributed by atoms with van der Waals surface area (Å²) in [6.45, 7) is 0. The number of carbonyl (C=O) groups is 1. The van der Waals surface area contributed by atoms with Crippen molar-refractivity contribution in [3.05, 3.63) is 70.5 Å². The first-order chi connectivity index (χ1) is 12.6. The van der Waals surface area contributed by atoms with Crippen LogP contribution in [0.4, 0.5) is 0 Å². The van der Waals surface area contributed by atoms with Gasteiger partial charge in [-0.2, -0.15) is 0 Å². The monoisotopic (exact) mass is 346 g/mol. The van der Waals surface area contributed by atoms with E-state index in [1.165, 1.54) is 5.01 Å². The first-order valence-corrected chi connectivity index (χ1v) is 8.28. The number of nitrogens with zero attached hydrogens (tertiary/aromatic N) is 1. The molecule has 0 saturated carbocycles. The number of fused-ring (bicyclic) bond motifs is 3. The van der Waals surface area contributed by atoms with Gasteiger partial charge in [-0.1, -0.05) is 30.3 Å². The number of nitrogens with one attached hydrogen (secondary N) is 3. The number of pyridine rings is 1. The van der Waals surface area contributed by atoms with Crippen LogP contribution in [0.5, 0.6) is 0 Å². The molecule has 2 aromatic carbocycles. The lowest BCUT2D eigenvalue weighted by molar-refractivity contribution is 0.0735. The average Bonchev–Trinajstić information content (AvgIpc) is 3.03. The van der Waals surface area contributed by atoms with E-state index in [4.69, 9.17) is 0 Å². The van der Waals surface area contributed by atoms with Crippen molar-refractivity contribution in [1.29, 1.82) is 0 Å². The van der Waals surface area contributed by atoms with Gasteiger partial charge in [0.15, 0.2) is 0 Å². The molecule has 26 heavy (non-hydrogen) atoms. The van der Waals surface area contributed by atoms with Crippen molar-refractivity contribution < 1.29 is 4.79 Å². The third-order valence-corrected chi connectivity index (χ3v) is 4.58. The summed E-state index contributed by atoms with van der Waals surface area (Å²) in [6, 6.07) is 16.9. The molecule has 0 aliphatic heterocycles. The van der Waals surface area contributed by atoms with Gasteiger partial charge in [0.2, 0.25) is 0 Å². The quantitative estimate of drug-likeness (QED) is 0.499. The third kappa shape index (κ3) is 2.57. The molecular weight excluding hydrogens is 328 g/mol. The van der Waals surface area contributed by atoms with E-state index in [1.54, 1.807) is 20.2 Å². The Kier molecular flexibility index (Phi) is 3.82. The normalized spacial score (nSPS) is 11.2. The minimum absolute atomic E-state index is 0.128. The Morgan fingerprint density at radius 3 is 2.50 bits per heavy atom. The van der Waals surface area contributed by atoms with Gasteiger partial charge in [-0.05, 0) is 29.8 Å². The van der Waals surface area contributed by atoms with Crippen molar-refractivity contribution in [2.75, 3.05) is 14.1 Å². The molecule has 4 rings (SSSR count). The number of rotatable bonds is 3. The van der Waals surface area contributed by atoms with Gasteiger partial charge in [0.05, 0.1) is 0 Å². The topological polar surface area (TPSA) is 81.0 Å². The summed E-state index contributed by atoms with van der Waals surface area (Å²) in [6.07, 6.45) is 0. The Morgan fingerprint density at radius 1 is 1.00 bits per heavy atom. The Morgan fingerprint density at radius 2 is 1.77 bits per heavy atom. The lowest BCUT2D eigenvalue weighted by Gasteiger charge is -2.15. The first kappa shape index (κ1) is 16.1. The molecule has 0 bridgehead atoms. The van der Waals surface area contributed by atoms with Crippen molar-refractivity contribution in [3.8, 4) is 11.1 Å². The second-order valence-corrected chi connectivity index (χ2v) is 6.14. The number of hydrazine groups is 1. The predicted octanol–water partition coefficient (Wildman–Crippen LogP) is 2.88. The summed E-state index contributed by atoms with van der Waals surface area (Å²) >= 11 is 0. The van der Waals surface area contributed by atoms with Crippen LogP contribution in [0, 0.1) is 0 Å². The summed E-state index contributed by atoms with van der Waals surface area (Å²) in [4.78, 5) is 31.0. The fraction of sp³-hybridized carbons (Fsp3) is 0.100. The van der Waals surface area contributed by atoms with Crippen molar-refractivity contribution in [2.24, 2.45) is 0 Å². The molecule has 0 saturated heterocycles. The Hall–Kier alpha value is -3.38. The molecule has 2 heterocycles. The smallest absolute Gasteiger partial charge is 0.267 e. The number of aromatic amines is 2. The molecule has 0 aliphatic carbocycles. The van der Waals surface area contributed by atoms with Crippen LogP contribution in [0.25, 0.3) is 33.1 Å². The maximum atomic E-state index is 12.5. The molecule has 0 unspecified atom stereocenters. The van der Waals surface area contributed by atoms with Gasteiger partial charge >= 0.3 is 0 Å². The highest BCUT2D eigenvalue weighted by atomic mass is 16.2. The van der Waals surface area contributed by atoms with Crippen LogP contribution in [0.2, 0.25) is 0 Å². The third-order valence-electron chi connectivity index (χ3n) is 4.58. The van der Waals surface area contributed by atoms with Gasteiger partial charge in [-0.15, -0.1) is 0 Å². The maximum absolute atomic E-state index is 12.5. The summed E-state index contributed by atoms with van der Waals surface area (Å²) in [5.41, 5.74) is 6.20. The number of benzene rings is 2. The van der Waals surface area contributed by atoms with Crippen molar-refractivity contribution in [3.63, 3.8) is 0 Å². The highest BCUT2D eigenvalue weighted by Crippen LogP contribution is 2.27. The lowest BCUT2D eigenvalue weighted by Crippen LogP contribution is -2.36. The Balaban J connectivity index is 1.94.